The van der Waals surface area contributed by atoms with E-state index in [4.69, 9.17) is 18.0 Å². The Morgan fingerprint density at radius 1 is 1.43 bits per heavy atom. The van der Waals surface area contributed by atoms with Gasteiger partial charge in [0.15, 0.2) is 5.11 Å². The third-order valence-electron chi connectivity index (χ3n) is 3.44. The Hall–Kier alpha value is -2.22. The number of rotatable bonds is 3. The molecule has 1 aromatic rings. The van der Waals surface area contributed by atoms with Crippen LogP contribution in [-0.4, -0.2) is 33.9 Å². The Bertz CT molecular complexity index is 561. The van der Waals surface area contributed by atoms with Crippen LogP contribution in [-0.2, 0) is 4.79 Å². The molecule has 1 unspecified atom stereocenters. The lowest BCUT2D eigenvalue weighted by Crippen LogP contribution is -2.45. The second kappa shape index (κ2) is 6.49. The first kappa shape index (κ1) is 15.2. The van der Waals surface area contributed by atoms with Gasteiger partial charge in [-0.2, -0.15) is 0 Å². The van der Waals surface area contributed by atoms with Gasteiger partial charge in [-0.3, -0.25) is 14.9 Å². The number of nitro groups is 1. The van der Waals surface area contributed by atoms with E-state index >= 15 is 0 Å². The predicted molar refractivity (Wildman–Crippen MR) is 82.8 cm³/mol. The summed E-state index contributed by atoms with van der Waals surface area (Å²) in [6.07, 6.45) is 1.64. The molecule has 7 nitrogen and oxygen atoms in total. The molecule has 0 spiro atoms. The third kappa shape index (κ3) is 3.88. The van der Waals surface area contributed by atoms with Crippen LogP contribution in [0.15, 0.2) is 24.3 Å². The normalized spacial score (nSPS) is 18.1. The molecular formula is C13H16N4O3S. The number of carbonyl (C=O) groups is 1. The highest BCUT2D eigenvalue weighted by Crippen LogP contribution is 2.19. The number of likely N-dealkylation sites (tertiary alicyclic amines) is 1. The van der Waals surface area contributed by atoms with Crippen molar-refractivity contribution >= 4 is 34.6 Å². The summed E-state index contributed by atoms with van der Waals surface area (Å²) in [4.78, 5) is 23.3. The van der Waals surface area contributed by atoms with Gasteiger partial charge >= 0.3 is 0 Å². The molecule has 0 saturated carbocycles. The summed E-state index contributed by atoms with van der Waals surface area (Å²) >= 11 is 5.31. The standard InChI is InChI=1S/C13H16N4O3S/c14-12(18)9-2-1-7-16(8-9)13(21)15-10-3-5-11(6-4-10)17(19)20/h3-6,9H,1-2,7-8H2,(H2,14,18)(H,15,21). The molecular weight excluding hydrogens is 292 g/mol. The van der Waals surface area contributed by atoms with Gasteiger partial charge in [-0.15, -0.1) is 0 Å². The van der Waals surface area contributed by atoms with Crippen LogP contribution in [0.4, 0.5) is 11.4 Å². The first-order valence-corrected chi connectivity index (χ1v) is 6.98. The molecule has 8 heteroatoms. The first-order valence-electron chi connectivity index (χ1n) is 6.57. The highest BCUT2D eigenvalue weighted by molar-refractivity contribution is 7.80. The van der Waals surface area contributed by atoms with Crippen molar-refractivity contribution in [2.75, 3.05) is 18.4 Å². The molecule has 2 rings (SSSR count). The maximum atomic E-state index is 11.3. The zero-order valence-electron chi connectivity index (χ0n) is 11.3. The van der Waals surface area contributed by atoms with Crippen LogP contribution in [0.25, 0.3) is 0 Å². The highest BCUT2D eigenvalue weighted by Gasteiger charge is 2.25. The minimum atomic E-state index is -0.454. The summed E-state index contributed by atoms with van der Waals surface area (Å²) in [6.45, 7) is 1.27. The molecule has 1 saturated heterocycles. The molecule has 1 amide bonds. The van der Waals surface area contributed by atoms with Gasteiger partial charge in [-0.05, 0) is 37.2 Å². The monoisotopic (exact) mass is 308 g/mol. The van der Waals surface area contributed by atoms with Gasteiger partial charge in [-0.25, -0.2) is 0 Å². The number of benzene rings is 1. The zero-order chi connectivity index (χ0) is 15.4. The number of nitrogens with one attached hydrogen (secondary N) is 1. The number of non-ortho nitro benzene ring substituents is 1. The fourth-order valence-corrected chi connectivity index (χ4v) is 2.55. The number of nitro benzene ring substituents is 1. The second-order valence-electron chi connectivity index (χ2n) is 4.92. The van der Waals surface area contributed by atoms with Crippen molar-refractivity contribution in [2.24, 2.45) is 11.7 Å². The molecule has 0 aliphatic carbocycles. The minimum absolute atomic E-state index is 0.0261. The molecule has 1 aliphatic heterocycles. The summed E-state index contributed by atoms with van der Waals surface area (Å²) in [6, 6.07) is 6.01. The van der Waals surface area contributed by atoms with Crippen molar-refractivity contribution < 1.29 is 9.72 Å². The number of amides is 1. The maximum Gasteiger partial charge on any atom is 0.269 e. The van der Waals surface area contributed by atoms with E-state index < -0.39 is 4.92 Å². The van der Waals surface area contributed by atoms with Gasteiger partial charge in [0, 0.05) is 30.9 Å². The van der Waals surface area contributed by atoms with E-state index in [1.807, 2.05) is 4.90 Å². The lowest BCUT2D eigenvalue weighted by atomic mass is 9.98. The zero-order valence-corrected chi connectivity index (χ0v) is 12.1. The molecule has 0 aromatic heterocycles. The van der Waals surface area contributed by atoms with E-state index in [9.17, 15) is 14.9 Å². The van der Waals surface area contributed by atoms with Crippen molar-refractivity contribution in [1.29, 1.82) is 0 Å². The van der Waals surface area contributed by atoms with Crippen LogP contribution in [0.1, 0.15) is 12.8 Å². The van der Waals surface area contributed by atoms with Gasteiger partial charge < -0.3 is 16.0 Å². The molecule has 21 heavy (non-hydrogen) atoms. The van der Waals surface area contributed by atoms with Gasteiger partial charge in [0.2, 0.25) is 5.91 Å². The van der Waals surface area contributed by atoms with E-state index in [1.165, 1.54) is 12.1 Å². The quantitative estimate of drug-likeness (QED) is 0.498. The lowest BCUT2D eigenvalue weighted by molar-refractivity contribution is -0.384. The number of thiocarbonyl (C=S) groups is 1. The summed E-state index contributed by atoms with van der Waals surface area (Å²) in [5, 5.41) is 14.1. The van der Waals surface area contributed by atoms with Gasteiger partial charge in [0.25, 0.3) is 5.69 Å². The van der Waals surface area contributed by atoms with E-state index in [2.05, 4.69) is 5.32 Å². The molecule has 1 atom stereocenters. The second-order valence-corrected chi connectivity index (χ2v) is 5.31. The van der Waals surface area contributed by atoms with E-state index in [0.717, 1.165) is 19.4 Å². The van der Waals surface area contributed by atoms with E-state index in [-0.39, 0.29) is 17.5 Å². The average Bonchev–Trinajstić information content (AvgIpc) is 2.48. The number of hydrogen-bond acceptors (Lipinski definition) is 4. The number of piperidine rings is 1. The Kier molecular flexibility index (Phi) is 4.69. The minimum Gasteiger partial charge on any atom is -0.369 e. The number of primary amides is 1. The van der Waals surface area contributed by atoms with Crippen molar-refractivity contribution in [3.8, 4) is 0 Å². The Morgan fingerprint density at radius 2 is 2.10 bits per heavy atom. The van der Waals surface area contributed by atoms with Crippen molar-refractivity contribution in [2.45, 2.75) is 12.8 Å². The van der Waals surface area contributed by atoms with Gasteiger partial charge in [-0.1, -0.05) is 0 Å². The largest absolute Gasteiger partial charge is 0.369 e. The first-order chi connectivity index (χ1) is 9.97. The maximum absolute atomic E-state index is 11.3. The number of hydrogen-bond donors (Lipinski definition) is 2. The summed E-state index contributed by atoms with van der Waals surface area (Å²) in [7, 11) is 0. The summed E-state index contributed by atoms with van der Waals surface area (Å²) in [5.74, 6) is -0.492. The van der Waals surface area contributed by atoms with E-state index in [1.54, 1.807) is 12.1 Å². The van der Waals surface area contributed by atoms with Crippen molar-refractivity contribution in [3.05, 3.63) is 34.4 Å². The molecule has 0 radical (unpaired) electrons. The van der Waals surface area contributed by atoms with Gasteiger partial charge in [0.05, 0.1) is 10.8 Å². The van der Waals surface area contributed by atoms with Gasteiger partial charge in [0.1, 0.15) is 0 Å². The van der Waals surface area contributed by atoms with Crippen LogP contribution >= 0.6 is 12.2 Å². The Labute approximate surface area is 127 Å². The molecule has 0 bridgehead atoms. The highest BCUT2D eigenvalue weighted by atomic mass is 32.1. The SMILES string of the molecule is NC(=O)C1CCCN(C(=S)Nc2ccc([N+](=O)[O-])cc2)C1. The molecule has 1 aromatic carbocycles. The van der Waals surface area contributed by atoms with Crippen LogP contribution in [0.3, 0.4) is 0 Å². The summed E-state index contributed by atoms with van der Waals surface area (Å²) < 4.78 is 0. The third-order valence-corrected chi connectivity index (χ3v) is 3.80. The van der Waals surface area contributed by atoms with Crippen LogP contribution in [0.5, 0.6) is 0 Å². The molecule has 1 heterocycles. The van der Waals surface area contributed by atoms with Crippen LogP contribution in [0.2, 0.25) is 0 Å². The molecule has 1 aliphatic rings. The molecule has 1 fully saturated rings. The predicted octanol–water partition coefficient (Wildman–Crippen LogP) is 1.49. The molecule has 3 N–H and O–H groups in total. The van der Waals surface area contributed by atoms with Crippen molar-refractivity contribution in [1.82, 2.24) is 4.90 Å². The lowest BCUT2D eigenvalue weighted by Gasteiger charge is -2.33. The number of nitrogens with two attached hydrogens (primary N) is 1. The van der Waals surface area contributed by atoms with Crippen molar-refractivity contribution in [3.63, 3.8) is 0 Å². The number of carbonyl (C=O) groups excluding carboxylic acids is 1. The topological polar surface area (TPSA) is 102 Å². The Balaban J connectivity index is 1.97. The fraction of sp³-hybridized carbons (Fsp3) is 0.385. The fourth-order valence-electron chi connectivity index (χ4n) is 2.26. The molecule has 112 valence electrons. The summed E-state index contributed by atoms with van der Waals surface area (Å²) in [5.41, 5.74) is 6.03. The smallest absolute Gasteiger partial charge is 0.269 e. The number of nitrogens with zero attached hydrogens (tertiary/aromatic N) is 2. The van der Waals surface area contributed by atoms with E-state index in [0.29, 0.717) is 17.3 Å². The average molecular weight is 308 g/mol. The van der Waals surface area contributed by atoms with Crippen LogP contribution in [0, 0.1) is 16.0 Å². The Morgan fingerprint density at radius 3 is 2.67 bits per heavy atom. The number of anilines is 1. The van der Waals surface area contributed by atoms with Crippen LogP contribution < -0.4 is 11.1 Å².